The van der Waals surface area contributed by atoms with Gasteiger partial charge in [0.05, 0.1) is 11.6 Å². The molecule has 0 bridgehead atoms. The maximum atomic E-state index is 11.8. The average Bonchev–Trinajstić information content (AvgIpc) is 2.07. The van der Waals surface area contributed by atoms with Crippen LogP contribution >= 0.6 is 0 Å². The lowest BCUT2D eigenvalue weighted by Crippen LogP contribution is -2.55. The molecule has 4 heteroatoms. The van der Waals surface area contributed by atoms with E-state index < -0.39 is 11.6 Å². The van der Waals surface area contributed by atoms with Crippen molar-refractivity contribution in [3.8, 4) is 0 Å². The second-order valence-electron chi connectivity index (χ2n) is 4.81. The molecule has 1 amide bonds. The van der Waals surface area contributed by atoms with Crippen molar-refractivity contribution in [2.75, 3.05) is 13.1 Å². The van der Waals surface area contributed by atoms with Crippen molar-refractivity contribution in [3.63, 3.8) is 0 Å². The van der Waals surface area contributed by atoms with Gasteiger partial charge in [-0.25, -0.2) is 0 Å². The Bertz CT molecular complexity index is 223. The predicted molar refractivity (Wildman–Crippen MR) is 54.6 cm³/mol. The van der Waals surface area contributed by atoms with E-state index in [-0.39, 0.29) is 11.8 Å². The Morgan fingerprint density at radius 2 is 2.14 bits per heavy atom. The number of carbonyl (C=O) groups excluding carboxylic acids is 1. The van der Waals surface area contributed by atoms with Crippen LogP contribution in [0.25, 0.3) is 0 Å². The van der Waals surface area contributed by atoms with E-state index in [1.165, 1.54) is 0 Å². The maximum absolute atomic E-state index is 11.8. The van der Waals surface area contributed by atoms with Crippen LogP contribution < -0.4 is 5.73 Å². The summed E-state index contributed by atoms with van der Waals surface area (Å²) in [4.78, 5) is 13.4. The van der Waals surface area contributed by atoms with Crippen LogP contribution in [0.5, 0.6) is 0 Å². The highest BCUT2D eigenvalue weighted by Gasteiger charge is 2.33. The summed E-state index contributed by atoms with van der Waals surface area (Å²) < 4.78 is 0. The zero-order valence-electron chi connectivity index (χ0n) is 9.16. The van der Waals surface area contributed by atoms with Crippen LogP contribution in [0.2, 0.25) is 0 Å². The van der Waals surface area contributed by atoms with Crippen molar-refractivity contribution in [2.24, 2.45) is 11.7 Å². The summed E-state index contributed by atoms with van der Waals surface area (Å²) >= 11 is 0. The standard InChI is InChI=1S/C10H20N2O2/c1-7-4-5-12(6-8(7)13)9(14)10(2,3)11/h7-8,13H,4-6,11H2,1-3H3. The molecule has 82 valence electrons. The molecule has 0 radical (unpaired) electrons. The van der Waals surface area contributed by atoms with Gasteiger partial charge in [-0.2, -0.15) is 0 Å². The molecule has 4 nitrogen and oxygen atoms in total. The van der Waals surface area contributed by atoms with Crippen molar-refractivity contribution < 1.29 is 9.90 Å². The molecular formula is C10H20N2O2. The number of piperidine rings is 1. The number of nitrogens with zero attached hydrogens (tertiary/aromatic N) is 1. The molecule has 0 aliphatic carbocycles. The SMILES string of the molecule is CC1CCN(C(=O)C(C)(C)N)CC1O. The largest absolute Gasteiger partial charge is 0.391 e. The van der Waals surface area contributed by atoms with Crippen LogP contribution in [0.1, 0.15) is 27.2 Å². The number of aliphatic hydroxyl groups is 1. The lowest BCUT2D eigenvalue weighted by molar-refractivity contribution is -0.140. The Kier molecular flexibility index (Phi) is 3.17. The molecular weight excluding hydrogens is 180 g/mol. The average molecular weight is 200 g/mol. The normalized spacial score (nSPS) is 29.1. The third-order valence-electron chi connectivity index (χ3n) is 2.76. The second kappa shape index (κ2) is 3.87. The van der Waals surface area contributed by atoms with E-state index in [0.717, 1.165) is 6.42 Å². The second-order valence-corrected chi connectivity index (χ2v) is 4.81. The number of aliphatic hydroxyl groups excluding tert-OH is 1. The smallest absolute Gasteiger partial charge is 0.242 e. The van der Waals surface area contributed by atoms with E-state index >= 15 is 0 Å². The zero-order valence-corrected chi connectivity index (χ0v) is 9.16. The maximum Gasteiger partial charge on any atom is 0.242 e. The Balaban J connectivity index is 2.59. The van der Waals surface area contributed by atoms with E-state index in [9.17, 15) is 9.90 Å². The molecule has 1 aliphatic rings. The van der Waals surface area contributed by atoms with Gasteiger partial charge in [-0.1, -0.05) is 6.92 Å². The van der Waals surface area contributed by atoms with Crippen LogP contribution in [-0.2, 0) is 4.79 Å². The van der Waals surface area contributed by atoms with Gasteiger partial charge in [0.15, 0.2) is 0 Å². The number of likely N-dealkylation sites (tertiary alicyclic amines) is 1. The van der Waals surface area contributed by atoms with Crippen molar-refractivity contribution in [1.29, 1.82) is 0 Å². The highest BCUT2D eigenvalue weighted by atomic mass is 16.3. The molecule has 2 atom stereocenters. The summed E-state index contributed by atoms with van der Waals surface area (Å²) in [5, 5.41) is 9.63. The number of hydrogen-bond donors (Lipinski definition) is 2. The topological polar surface area (TPSA) is 66.6 Å². The minimum absolute atomic E-state index is 0.0801. The number of nitrogens with two attached hydrogens (primary N) is 1. The molecule has 0 saturated carbocycles. The van der Waals surface area contributed by atoms with E-state index in [4.69, 9.17) is 5.73 Å². The Hall–Kier alpha value is -0.610. The Labute approximate surface area is 85.1 Å². The molecule has 1 heterocycles. The van der Waals surface area contributed by atoms with Gasteiger partial charge in [0.1, 0.15) is 0 Å². The number of carbonyl (C=O) groups is 1. The monoisotopic (exact) mass is 200 g/mol. The highest BCUT2D eigenvalue weighted by molar-refractivity contribution is 5.85. The molecule has 0 spiro atoms. The number of rotatable bonds is 1. The van der Waals surface area contributed by atoms with Crippen LogP contribution in [0.4, 0.5) is 0 Å². The number of amides is 1. The van der Waals surface area contributed by atoms with Gasteiger partial charge in [-0.15, -0.1) is 0 Å². The van der Waals surface area contributed by atoms with Crippen LogP contribution in [0, 0.1) is 5.92 Å². The lowest BCUT2D eigenvalue weighted by Gasteiger charge is -2.37. The molecule has 0 aromatic heterocycles. The first-order valence-electron chi connectivity index (χ1n) is 5.08. The van der Waals surface area contributed by atoms with Gasteiger partial charge in [-0.3, -0.25) is 4.79 Å². The first-order chi connectivity index (χ1) is 6.32. The molecule has 14 heavy (non-hydrogen) atoms. The summed E-state index contributed by atoms with van der Waals surface area (Å²) in [6, 6.07) is 0. The summed E-state index contributed by atoms with van der Waals surface area (Å²) in [5.41, 5.74) is 4.88. The van der Waals surface area contributed by atoms with E-state index in [1.807, 2.05) is 6.92 Å². The van der Waals surface area contributed by atoms with Gasteiger partial charge in [0, 0.05) is 13.1 Å². The predicted octanol–water partition coefficient (Wildman–Crippen LogP) is -0.0470. The first-order valence-corrected chi connectivity index (χ1v) is 5.08. The van der Waals surface area contributed by atoms with E-state index in [2.05, 4.69) is 0 Å². The molecule has 1 aliphatic heterocycles. The minimum atomic E-state index is -0.833. The summed E-state index contributed by atoms with van der Waals surface area (Å²) in [7, 11) is 0. The summed E-state index contributed by atoms with van der Waals surface area (Å²) in [6.07, 6.45) is 0.443. The van der Waals surface area contributed by atoms with Gasteiger partial charge >= 0.3 is 0 Å². The van der Waals surface area contributed by atoms with Gasteiger partial charge in [-0.05, 0) is 26.2 Å². The quantitative estimate of drug-likeness (QED) is 0.624. The van der Waals surface area contributed by atoms with Gasteiger partial charge < -0.3 is 15.7 Å². The fourth-order valence-electron chi connectivity index (χ4n) is 1.64. The van der Waals surface area contributed by atoms with E-state index in [0.29, 0.717) is 13.1 Å². The third kappa shape index (κ3) is 2.45. The van der Waals surface area contributed by atoms with Crippen LogP contribution in [0.3, 0.4) is 0 Å². The van der Waals surface area contributed by atoms with Crippen LogP contribution in [-0.4, -0.2) is 40.6 Å². The number of hydrogen-bond acceptors (Lipinski definition) is 3. The van der Waals surface area contributed by atoms with Crippen LogP contribution in [0.15, 0.2) is 0 Å². The number of β-amino-alcohol motifs (C(OH)–C–C–N with tert-alkyl or cyclic N) is 1. The van der Waals surface area contributed by atoms with E-state index in [1.54, 1.807) is 18.7 Å². The minimum Gasteiger partial charge on any atom is -0.391 e. The van der Waals surface area contributed by atoms with Crippen molar-refractivity contribution in [1.82, 2.24) is 4.90 Å². The fourth-order valence-corrected chi connectivity index (χ4v) is 1.64. The fraction of sp³-hybridized carbons (Fsp3) is 0.900. The van der Waals surface area contributed by atoms with Crippen molar-refractivity contribution in [3.05, 3.63) is 0 Å². The molecule has 1 rings (SSSR count). The molecule has 1 saturated heterocycles. The highest BCUT2D eigenvalue weighted by Crippen LogP contribution is 2.18. The first kappa shape index (κ1) is 11.5. The third-order valence-corrected chi connectivity index (χ3v) is 2.76. The summed E-state index contributed by atoms with van der Waals surface area (Å²) in [6.45, 7) is 6.51. The molecule has 2 unspecified atom stereocenters. The molecule has 0 aromatic rings. The zero-order chi connectivity index (χ0) is 10.9. The molecule has 3 N–H and O–H groups in total. The molecule has 1 fully saturated rings. The Morgan fingerprint density at radius 3 is 2.57 bits per heavy atom. The van der Waals surface area contributed by atoms with Gasteiger partial charge in [0.2, 0.25) is 5.91 Å². The summed E-state index contributed by atoms with van der Waals surface area (Å²) in [5.74, 6) is 0.198. The molecule has 0 aromatic carbocycles. The van der Waals surface area contributed by atoms with Gasteiger partial charge in [0.25, 0.3) is 0 Å². The Morgan fingerprint density at radius 1 is 1.57 bits per heavy atom. The van der Waals surface area contributed by atoms with Crippen molar-refractivity contribution in [2.45, 2.75) is 38.8 Å². The van der Waals surface area contributed by atoms with Crippen molar-refractivity contribution >= 4 is 5.91 Å². The lowest BCUT2D eigenvalue weighted by atomic mass is 9.94.